The fraction of sp³-hybridized carbons (Fsp3) is 1.00. The summed E-state index contributed by atoms with van der Waals surface area (Å²) in [5, 5.41) is 1.08. The van der Waals surface area contributed by atoms with E-state index in [1.807, 2.05) is 0 Å². The van der Waals surface area contributed by atoms with Crippen molar-refractivity contribution in [2.75, 3.05) is 0 Å². The Balaban J connectivity index is 5.78. The Bertz CT molecular complexity index is 181. The molecule has 0 N–H and O–H groups in total. The van der Waals surface area contributed by atoms with Crippen LogP contribution in [0.4, 0.5) is 0 Å². The summed E-state index contributed by atoms with van der Waals surface area (Å²) in [4.78, 5) is 0. The van der Waals surface area contributed by atoms with Gasteiger partial charge < -0.3 is 0 Å². The number of hydrogen-bond donors (Lipinski definition) is 0. The Morgan fingerprint density at radius 1 is 0.667 bits per heavy atom. The van der Waals surface area contributed by atoms with Crippen LogP contribution in [0, 0.1) is 0 Å². The monoisotopic (exact) mass is 344 g/mol. The van der Waals surface area contributed by atoms with Gasteiger partial charge in [-0.2, -0.15) is 0 Å². The standard InChI is InChI=1S/C12H27P.ClH.Pd/c1-10(2,3)13(11(4,5)6)12(7,8)9;;/h1-9H3;1H;. The predicted octanol–water partition coefficient (Wildman–Crippen LogP) is 5.28. The van der Waals surface area contributed by atoms with Gasteiger partial charge in [0, 0.05) is 0 Å². The molecular weight excluding hydrogens is 317 g/mol. The number of halogens is 1. The Morgan fingerprint density at radius 2 is 0.867 bits per heavy atom. The fourth-order valence-electron chi connectivity index (χ4n) is 3.64. The number of rotatable bonds is 1. The molecule has 98 valence electrons. The van der Waals surface area contributed by atoms with E-state index in [-0.39, 0.29) is 0 Å². The first-order chi connectivity index (χ1) is 6.31. The van der Waals surface area contributed by atoms with E-state index in [4.69, 9.17) is 9.53 Å². The molecule has 0 fully saturated rings. The van der Waals surface area contributed by atoms with E-state index >= 15 is 0 Å². The SMILES string of the molecule is CC(C)(C)[PH]([Pd][Cl])(C(C)(C)C)C(C)(C)C. The third-order valence-corrected chi connectivity index (χ3v) is 24.2. The molecule has 0 atom stereocenters. The topological polar surface area (TPSA) is 0 Å². The van der Waals surface area contributed by atoms with Gasteiger partial charge in [0.2, 0.25) is 0 Å². The molecule has 0 unspecified atom stereocenters. The molecule has 0 heterocycles. The molecule has 0 aliphatic carbocycles. The van der Waals surface area contributed by atoms with Gasteiger partial charge >= 0.3 is 109 Å². The molecular formula is C12H28ClPPd. The van der Waals surface area contributed by atoms with Gasteiger partial charge in [0.05, 0.1) is 0 Å². The molecule has 0 radical (unpaired) electrons. The van der Waals surface area contributed by atoms with E-state index in [1.165, 1.54) is 0 Å². The molecule has 0 nitrogen and oxygen atoms in total. The summed E-state index contributed by atoms with van der Waals surface area (Å²) >= 11 is 0.372. The zero-order chi connectivity index (χ0) is 12.7. The van der Waals surface area contributed by atoms with Crippen LogP contribution in [0.2, 0.25) is 0 Å². The summed E-state index contributed by atoms with van der Waals surface area (Å²) in [5.41, 5.74) is -1.56. The minimum atomic E-state index is -1.56. The van der Waals surface area contributed by atoms with Crippen LogP contribution in [0.25, 0.3) is 0 Å². The maximum absolute atomic E-state index is 6.49. The summed E-state index contributed by atoms with van der Waals surface area (Å²) in [7, 11) is 6.49. The first-order valence-electron chi connectivity index (χ1n) is 5.53. The van der Waals surface area contributed by atoms with Crippen LogP contribution < -0.4 is 0 Å². The Morgan fingerprint density at radius 3 is 0.867 bits per heavy atom. The minimum absolute atomic E-state index is 0.361. The fourth-order valence-corrected chi connectivity index (χ4v) is 24.4. The van der Waals surface area contributed by atoms with Gasteiger partial charge in [-0.15, -0.1) is 0 Å². The van der Waals surface area contributed by atoms with Crippen LogP contribution in [-0.2, 0) is 16.5 Å². The first kappa shape index (κ1) is 16.4. The average molecular weight is 345 g/mol. The van der Waals surface area contributed by atoms with Crippen molar-refractivity contribution in [1.29, 1.82) is 0 Å². The van der Waals surface area contributed by atoms with Gasteiger partial charge in [0.15, 0.2) is 0 Å². The van der Waals surface area contributed by atoms with Crippen LogP contribution in [0.15, 0.2) is 0 Å². The van der Waals surface area contributed by atoms with Gasteiger partial charge in [0.25, 0.3) is 0 Å². The maximum atomic E-state index is 6.49. The zero-order valence-corrected chi connectivity index (χ0v) is 15.0. The molecule has 0 aliphatic rings. The molecule has 0 aliphatic heterocycles. The van der Waals surface area contributed by atoms with E-state index in [9.17, 15) is 0 Å². The van der Waals surface area contributed by atoms with Gasteiger partial charge in [-0.3, -0.25) is 0 Å². The van der Waals surface area contributed by atoms with Gasteiger partial charge in [-0.05, 0) is 0 Å². The Kier molecular flexibility index (Phi) is 4.99. The molecule has 0 bridgehead atoms. The molecule has 0 aromatic rings. The molecule has 0 rings (SSSR count). The molecule has 0 spiro atoms. The van der Waals surface area contributed by atoms with Gasteiger partial charge in [-0.25, -0.2) is 0 Å². The molecule has 15 heavy (non-hydrogen) atoms. The zero-order valence-electron chi connectivity index (χ0n) is 11.7. The van der Waals surface area contributed by atoms with E-state index in [1.54, 1.807) is 0 Å². The molecule has 3 heteroatoms. The molecule has 0 amide bonds. The normalized spacial score (nSPS) is 16.9. The summed E-state index contributed by atoms with van der Waals surface area (Å²) in [5.74, 6) is 0. The van der Waals surface area contributed by atoms with Crippen molar-refractivity contribution < 1.29 is 16.5 Å². The predicted molar refractivity (Wildman–Crippen MR) is 73.4 cm³/mol. The summed E-state index contributed by atoms with van der Waals surface area (Å²) < 4.78 is 0. The van der Waals surface area contributed by atoms with Gasteiger partial charge in [0.1, 0.15) is 0 Å². The van der Waals surface area contributed by atoms with E-state index in [0.29, 0.717) is 31.9 Å². The van der Waals surface area contributed by atoms with Crippen molar-refractivity contribution in [2.45, 2.75) is 77.8 Å². The number of hydrogen-bond acceptors (Lipinski definition) is 0. The van der Waals surface area contributed by atoms with Crippen LogP contribution >= 0.6 is 15.0 Å². The molecule has 0 saturated heterocycles. The van der Waals surface area contributed by atoms with E-state index in [0.717, 1.165) is 0 Å². The molecule has 0 aromatic carbocycles. The van der Waals surface area contributed by atoms with Crippen LogP contribution in [0.3, 0.4) is 0 Å². The Labute approximate surface area is 109 Å². The third-order valence-electron chi connectivity index (χ3n) is 3.05. The van der Waals surface area contributed by atoms with Crippen molar-refractivity contribution in [1.82, 2.24) is 0 Å². The summed E-state index contributed by atoms with van der Waals surface area (Å²) in [6.45, 7) is 21.5. The van der Waals surface area contributed by atoms with E-state index in [2.05, 4.69) is 62.3 Å². The van der Waals surface area contributed by atoms with Crippen LogP contribution in [0.5, 0.6) is 0 Å². The van der Waals surface area contributed by atoms with E-state index < -0.39 is 5.45 Å². The summed E-state index contributed by atoms with van der Waals surface area (Å²) in [6.07, 6.45) is 0. The van der Waals surface area contributed by atoms with Crippen molar-refractivity contribution in [3.8, 4) is 0 Å². The first-order valence-corrected chi connectivity index (χ1v) is 11.7. The molecule has 0 aromatic heterocycles. The molecule has 0 saturated carbocycles. The summed E-state index contributed by atoms with van der Waals surface area (Å²) in [6, 6.07) is 0. The quantitative estimate of drug-likeness (QED) is 0.448. The van der Waals surface area contributed by atoms with Crippen molar-refractivity contribution in [3.05, 3.63) is 0 Å². The van der Waals surface area contributed by atoms with Crippen molar-refractivity contribution in [2.24, 2.45) is 0 Å². The third kappa shape index (κ3) is 2.80. The van der Waals surface area contributed by atoms with Gasteiger partial charge in [-0.1, -0.05) is 0 Å². The van der Waals surface area contributed by atoms with Crippen molar-refractivity contribution in [3.63, 3.8) is 0 Å². The van der Waals surface area contributed by atoms with Crippen LogP contribution in [-0.4, -0.2) is 15.5 Å². The average Bonchev–Trinajstić information content (AvgIpc) is 1.76. The second kappa shape index (κ2) is 4.57. The second-order valence-corrected chi connectivity index (χ2v) is 19.8. The van der Waals surface area contributed by atoms with Crippen LogP contribution in [0.1, 0.15) is 62.3 Å². The Hall–Kier alpha value is 1.38. The second-order valence-electron chi connectivity index (χ2n) is 7.42. The van der Waals surface area contributed by atoms with Crippen molar-refractivity contribution >= 4 is 15.0 Å².